The molecule has 1 atom stereocenters. The number of anilines is 1. The van der Waals surface area contributed by atoms with E-state index in [0.717, 1.165) is 5.56 Å². The third-order valence-electron chi connectivity index (χ3n) is 6.53. The molecule has 0 saturated carbocycles. The van der Waals surface area contributed by atoms with Crippen LogP contribution in [-0.2, 0) is 17.9 Å². The van der Waals surface area contributed by atoms with Crippen LogP contribution >= 0.6 is 0 Å². The van der Waals surface area contributed by atoms with E-state index in [0.29, 0.717) is 35.3 Å². The van der Waals surface area contributed by atoms with Crippen LogP contribution in [0.3, 0.4) is 0 Å². The summed E-state index contributed by atoms with van der Waals surface area (Å²) in [5.74, 6) is 0.404. The van der Waals surface area contributed by atoms with E-state index in [1.54, 1.807) is 41.0 Å². The summed E-state index contributed by atoms with van der Waals surface area (Å²) in [6, 6.07) is 22.9. The molecule has 1 aliphatic rings. The molecule has 2 amide bonds. The molecule has 0 aliphatic carbocycles. The molecule has 1 aliphatic heterocycles. The molecule has 7 nitrogen and oxygen atoms in total. The van der Waals surface area contributed by atoms with Gasteiger partial charge in [0.2, 0.25) is 5.91 Å². The standard InChI is InChI=1S/C28H28N4O3/c1-19(2)21-11-13-22(14-12-21)32-26(33)24-16-23(25-10-7-15-35-25)30-31(24)18-28(32,3)27(34)29-17-20-8-5-4-6-9-20/h4-16,19H,17-18H2,1-3H3,(H,29,34). The summed E-state index contributed by atoms with van der Waals surface area (Å²) < 4.78 is 7.10. The van der Waals surface area contributed by atoms with E-state index in [1.165, 1.54) is 5.56 Å². The predicted molar refractivity (Wildman–Crippen MR) is 134 cm³/mol. The number of nitrogens with zero attached hydrogens (tertiary/aromatic N) is 3. The summed E-state index contributed by atoms with van der Waals surface area (Å²) in [4.78, 5) is 29.1. The number of carbonyl (C=O) groups is 2. The van der Waals surface area contributed by atoms with Crippen LogP contribution in [0, 0.1) is 0 Å². The Balaban J connectivity index is 1.54. The quantitative estimate of drug-likeness (QED) is 0.432. The second-order valence-corrected chi connectivity index (χ2v) is 9.38. The maximum Gasteiger partial charge on any atom is 0.277 e. The van der Waals surface area contributed by atoms with Crippen LogP contribution in [0.4, 0.5) is 5.69 Å². The molecule has 0 radical (unpaired) electrons. The molecule has 7 heteroatoms. The van der Waals surface area contributed by atoms with Gasteiger partial charge in [-0.2, -0.15) is 5.10 Å². The van der Waals surface area contributed by atoms with Crippen molar-refractivity contribution in [1.29, 1.82) is 0 Å². The first-order chi connectivity index (χ1) is 16.9. The van der Waals surface area contributed by atoms with E-state index in [-0.39, 0.29) is 18.4 Å². The minimum Gasteiger partial charge on any atom is -0.463 e. The van der Waals surface area contributed by atoms with E-state index in [9.17, 15) is 9.59 Å². The lowest BCUT2D eigenvalue weighted by Gasteiger charge is -2.43. The number of benzene rings is 2. The molecule has 1 N–H and O–H groups in total. The first-order valence-electron chi connectivity index (χ1n) is 11.8. The van der Waals surface area contributed by atoms with Crippen LogP contribution in [0.15, 0.2) is 83.5 Å². The molecule has 5 rings (SSSR count). The normalized spacial score (nSPS) is 17.5. The Bertz CT molecular complexity index is 1340. The number of aromatic nitrogens is 2. The largest absolute Gasteiger partial charge is 0.463 e. The van der Waals surface area contributed by atoms with Crippen LogP contribution in [0.1, 0.15) is 48.3 Å². The van der Waals surface area contributed by atoms with Gasteiger partial charge in [-0.15, -0.1) is 0 Å². The van der Waals surface area contributed by atoms with Crippen molar-refractivity contribution in [2.24, 2.45) is 0 Å². The second kappa shape index (κ2) is 8.91. The molecule has 0 fully saturated rings. The number of amides is 2. The third kappa shape index (κ3) is 4.14. The molecule has 178 valence electrons. The number of nitrogens with one attached hydrogen (secondary N) is 1. The summed E-state index contributed by atoms with van der Waals surface area (Å²) in [5.41, 5.74) is 2.60. The van der Waals surface area contributed by atoms with Crippen molar-refractivity contribution in [3.8, 4) is 11.5 Å². The fraction of sp³-hybridized carbons (Fsp3) is 0.250. The van der Waals surface area contributed by atoms with Gasteiger partial charge in [-0.05, 0) is 48.2 Å². The van der Waals surface area contributed by atoms with E-state index in [1.807, 2.05) is 54.6 Å². The second-order valence-electron chi connectivity index (χ2n) is 9.38. The van der Waals surface area contributed by atoms with Gasteiger partial charge in [-0.25, -0.2) is 0 Å². The van der Waals surface area contributed by atoms with Gasteiger partial charge >= 0.3 is 0 Å². The Morgan fingerprint density at radius 1 is 1.09 bits per heavy atom. The SMILES string of the molecule is CC(C)c1ccc(N2C(=O)c3cc(-c4ccco4)nn3CC2(C)C(=O)NCc2ccccc2)cc1. The number of furan rings is 1. The molecule has 35 heavy (non-hydrogen) atoms. The van der Waals surface area contributed by atoms with Gasteiger partial charge in [0.1, 0.15) is 16.9 Å². The van der Waals surface area contributed by atoms with Crippen molar-refractivity contribution in [3.63, 3.8) is 0 Å². The molecule has 0 spiro atoms. The highest BCUT2D eigenvalue weighted by Crippen LogP contribution is 2.35. The van der Waals surface area contributed by atoms with Crippen molar-refractivity contribution < 1.29 is 14.0 Å². The summed E-state index contributed by atoms with van der Waals surface area (Å²) in [5, 5.41) is 7.63. The van der Waals surface area contributed by atoms with Crippen molar-refractivity contribution in [1.82, 2.24) is 15.1 Å². The Morgan fingerprint density at radius 3 is 2.49 bits per heavy atom. The first-order valence-corrected chi connectivity index (χ1v) is 11.8. The molecule has 4 aromatic rings. The fourth-order valence-electron chi connectivity index (χ4n) is 4.51. The number of carbonyl (C=O) groups excluding carboxylic acids is 2. The summed E-state index contributed by atoms with van der Waals surface area (Å²) in [6.45, 7) is 6.61. The van der Waals surface area contributed by atoms with Crippen LogP contribution in [0.25, 0.3) is 11.5 Å². The zero-order chi connectivity index (χ0) is 24.6. The number of hydrogen-bond acceptors (Lipinski definition) is 4. The Hall–Kier alpha value is -4.13. The topological polar surface area (TPSA) is 80.4 Å². The van der Waals surface area contributed by atoms with Crippen molar-refractivity contribution in [2.45, 2.75) is 45.3 Å². The van der Waals surface area contributed by atoms with E-state index in [2.05, 4.69) is 24.3 Å². The van der Waals surface area contributed by atoms with Gasteiger partial charge in [0.05, 0.1) is 12.8 Å². The minimum absolute atomic E-state index is 0.210. The zero-order valence-corrected chi connectivity index (χ0v) is 20.1. The van der Waals surface area contributed by atoms with Gasteiger partial charge < -0.3 is 9.73 Å². The highest BCUT2D eigenvalue weighted by atomic mass is 16.3. The molecule has 0 saturated heterocycles. The van der Waals surface area contributed by atoms with Crippen LogP contribution in [0.2, 0.25) is 0 Å². The van der Waals surface area contributed by atoms with Crippen molar-refractivity contribution >= 4 is 17.5 Å². The smallest absolute Gasteiger partial charge is 0.277 e. The average Bonchev–Trinajstić information content (AvgIpc) is 3.54. The summed E-state index contributed by atoms with van der Waals surface area (Å²) in [7, 11) is 0. The van der Waals surface area contributed by atoms with E-state index >= 15 is 0 Å². The van der Waals surface area contributed by atoms with E-state index in [4.69, 9.17) is 4.42 Å². The molecule has 0 bridgehead atoms. The maximum absolute atomic E-state index is 13.9. The predicted octanol–water partition coefficient (Wildman–Crippen LogP) is 5.00. The van der Waals surface area contributed by atoms with Gasteiger partial charge in [0.15, 0.2) is 5.76 Å². The van der Waals surface area contributed by atoms with Crippen LogP contribution in [-0.4, -0.2) is 27.1 Å². The lowest BCUT2D eigenvalue weighted by molar-refractivity contribution is -0.126. The van der Waals surface area contributed by atoms with Crippen LogP contribution in [0.5, 0.6) is 0 Å². The molecular weight excluding hydrogens is 440 g/mol. The fourth-order valence-corrected chi connectivity index (χ4v) is 4.51. The van der Waals surface area contributed by atoms with E-state index < -0.39 is 5.54 Å². The summed E-state index contributed by atoms with van der Waals surface area (Å²) in [6.07, 6.45) is 1.57. The Kier molecular flexibility index (Phi) is 5.76. The number of hydrogen-bond donors (Lipinski definition) is 1. The molecule has 2 aromatic heterocycles. The minimum atomic E-state index is -1.19. The Morgan fingerprint density at radius 2 is 1.83 bits per heavy atom. The Labute approximate surface area is 204 Å². The monoisotopic (exact) mass is 468 g/mol. The highest BCUT2D eigenvalue weighted by Gasteiger charge is 2.49. The first kappa shape index (κ1) is 22.7. The molecule has 3 heterocycles. The van der Waals surface area contributed by atoms with Gasteiger partial charge in [-0.3, -0.25) is 19.2 Å². The lowest BCUT2D eigenvalue weighted by atomic mass is 9.93. The zero-order valence-electron chi connectivity index (χ0n) is 20.1. The molecule has 2 aromatic carbocycles. The van der Waals surface area contributed by atoms with Crippen LogP contribution < -0.4 is 10.2 Å². The van der Waals surface area contributed by atoms with Gasteiger partial charge in [0, 0.05) is 18.3 Å². The molecule has 1 unspecified atom stereocenters. The van der Waals surface area contributed by atoms with Crippen molar-refractivity contribution in [2.75, 3.05) is 4.90 Å². The lowest BCUT2D eigenvalue weighted by Crippen LogP contribution is -2.64. The number of fused-ring (bicyclic) bond motifs is 1. The average molecular weight is 469 g/mol. The van der Waals surface area contributed by atoms with Gasteiger partial charge in [0.25, 0.3) is 5.91 Å². The van der Waals surface area contributed by atoms with Gasteiger partial charge in [-0.1, -0.05) is 56.3 Å². The van der Waals surface area contributed by atoms with Crippen molar-refractivity contribution in [3.05, 3.63) is 95.9 Å². The maximum atomic E-state index is 13.9. The number of rotatable bonds is 6. The summed E-state index contributed by atoms with van der Waals surface area (Å²) >= 11 is 0. The highest BCUT2D eigenvalue weighted by molar-refractivity contribution is 6.12. The third-order valence-corrected chi connectivity index (χ3v) is 6.53. The molecular formula is C28H28N4O3.